The van der Waals surface area contributed by atoms with Crippen molar-refractivity contribution in [2.45, 2.75) is 37.0 Å². The summed E-state index contributed by atoms with van der Waals surface area (Å²) in [6.45, 7) is 2.47. The Morgan fingerprint density at radius 3 is 2.75 bits per heavy atom. The van der Waals surface area contributed by atoms with Crippen molar-refractivity contribution in [3.63, 3.8) is 0 Å². The first-order valence-electron chi connectivity index (χ1n) is 5.77. The molecule has 16 heavy (non-hydrogen) atoms. The monoisotopic (exact) mass is 239 g/mol. The van der Waals surface area contributed by atoms with Crippen molar-refractivity contribution in [3.05, 3.63) is 23.8 Å². The van der Waals surface area contributed by atoms with Crippen molar-refractivity contribution in [1.82, 2.24) is 0 Å². The van der Waals surface area contributed by atoms with Gasteiger partial charge < -0.3 is 10.8 Å². The van der Waals surface area contributed by atoms with Gasteiger partial charge in [-0.25, -0.2) is 0 Å². The molecular formula is C13H21NOS. The highest BCUT2D eigenvalue weighted by Crippen LogP contribution is 2.30. The molecule has 3 heteroatoms. The Balaban J connectivity index is 2.83. The average Bonchev–Trinajstić information content (AvgIpc) is 2.32. The lowest BCUT2D eigenvalue weighted by atomic mass is 9.92. The molecule has 1 aromatic rings. The molecule has 1 unspecified atom stereocenters. The Bertz CT molecular complexity index is 328. The molecule has 0 amide bonds. The van der Waals surface area contributed by atoms with E-state index in [1.54, 1.807) is 11.8 Å². The summed E-state index contributed by atoms with van der Waals surface area (Å²) in [5, 5.41) is 8.88. The summed E-state index contributed by atoms with van der Waals surface area (Å²) in [6.07, 6.45) is 5.07. The molecule has 0 spiro atoms. The normalized spacial score (nSPS) is 12.7. The first-order chi connectivity index (χ1) is 7.72. The van der Waals surface area contributed by atoms with Crippen LogP contribution in [0, 0.1) is 0 Å². The smallest absolute Gasteiger partial charge is 0.0452 e. The van der Waals surface area contributed by atoms with Gasteiger partial charge in [-0.05, 0) is 49.1 Å². The zero-order valence-electron chi connectivity index (χ0n) is 10.1. The lowest BCUT2D eigenvalue weighted by molar-refractivity contribution is 0.279. The Hall–Kier alpha value is -0.670. The fourth-order valence-electron chi connectivity index (χ4n) is 1.93. The second-order valence-electron chi connectivity index (χ2n) is 3.97. The third kappa shape index (κ3) is 3.42. The van der Waals surface area contributed by atoms with Crippen molar-refractivity contribution in [2.75, 3.05) is 18.6 Å². The maximum absolute atomic E-state index is 8.88. The highest BCUT2D eigenvalue weighted by molar-refractivity contribution is 7.98. The SMILES string of the molecule is CCC(CCCO)c1ccc(N)c(SC)c1. The van der Waals surface area contributed by atoms with E-state index < -0.39 is 0 Å². The van der Waals surface area contributed by atoms with E-state index in [-0.39, 0.29) is 6.61 Å². The van der Waals surface area contributed by atoms with E-state index in [1.165, 1.54) is 5.56 Å². The quantitative estimate of drug-likeness (QED) is 0.591. The molecule has 0 aliphatic carbocycles. The van der Waals surface area contributed by atoms with Crippen LogP contribution in [0.3, 0.4) is 0 Å². The zero-order valence-corrected chi connectivity index (χ0v) is 10.9. The van der Waals surface area contributed by atoms with Gasteiger partial charge in [0.1, 0.15) is 0 Å². The van der Waals surface area contributed by atoms with E-state index in [0.717, 1.165) is 29.8 Å². The van der Waals surface area contributed by atoms with Gasteiger partial charge in [0.2, 0.25) is 0 Å². The van der Waals surface area contributed by atoms with Crippen LogP contribution < -0.4 is 5.73 Å². The van der Waals surface area contributed by atoms with Crippen LogP contribution in [0.4, 0.5) is 5.69 Å². The standard InChI is InChI=1S/C13H21NOS/c1-3-10(5-4-8-15)11-6-7-12(14)13(9-11)16-2/h6-7,9-10,15H,3-5,8,14H2,1-2H3. The fourth-order valence-corrected chi connectivity index (χ4v) is 2.48. The number of hydrogen-bond acceptors (Lipinski definition) is 3. The van der Waals surface area contributed by atoms with Crippen molar-refractivity contribution in [1.29, 1.82) is 0 Å². The van der Waals surface area contributed by atoms with E-state index in [4.69, 9.17) is 10.8 Å². The Morgan fingerprint density at radius 2 is 2.19 bits per heavy atom. The summed E-state index contributed by atoms with van der Waals surface area (Å²) in [5.74, 6) is 0.540. The predicted molar refractivity (Wildman–Crippen MR) is 72.0 cm³/mol. The van der Waals surface area contributed by atoms with Gasteiger partial charge in [0.05, 0.1) is 0 Å². The van der Waals surface area contributed by atoms with Crippen LogP contribution in [0.5, 0.6) is 0 Å². The van der Waals surface area contributed by atoms with E-state index in [2.05, 4.69) is 19.1 Å². The van der Waals surface area contributed by atoms with Gasteiger partial charge in [0.15, 0.2) is 0 Å². The number of nitrogen functional groups attached to an aromatic ring is 1. The molecule has 2 nitrogen and oxygen atoms in total. The summed E-state index contributed by atoms with van der Waals surface area (Å²) in [6, 6.07) is 6.29. The molecular weight excluding hydrogens is 218 g/mol. The molecule has 0 radical (unpaired) electrons. The minimum absolute atomic E-state index is 0.279. The van der Waals surface area contributed by atoms with Crippen LogP contribution in [0.1, 0.15) is 37.7 Å². The third-order valence-corrected chi connectivity index (χ3v) is 3.73. The Labute approximate surface area is 102 Å². The molecule has 1 rings (SSSR count). The lowest BCUT2D eigenvalue weighted by Crippen LogP contribution is -2.00. The molecule has 0 fully saturated rings. The molecule has 0 saturated heterocycles. The van der Waals surface area contributed by atoms with Gasteiger partial charge in [0, 0.05) is 17.2 Å². The number of anilines is 1. The molecule has 0 aliphatic heterocycles. The van der Waals surface area contributed by atoms with Crippen LogP contribution >= 0.6 is 11.8 Å². The molecule has 90 valence electrons. The van der Waals surface area contributed by atoms with E-state index in [9.17, 15) is 0 Å². The summed E-state index contributed by atoms with van der Waals surface area (Å²) < 4.78 is 0. The van der Waals surface area contributed by atoms with Crippen molar-refractivity contribution >= 4 is 17.4 Å². The van der Waals surface area contributed by atoms with E-state index >= 15 is 0 Å². The van der Waals surface area contributed by atoms with Gasteiger partial charge in [-0.15, -0.1) is 11.8 Å². The van der Waals surface area contributed by atoms with Gasteiger partial charge in [-0.3, -0.25) is 0 Å². The average molecular weight is 239 g/mol. The van der Waals surface area contributed by atoms with Gasteiger partial charge in [-0.2, -0.15) is 0 Å². The number of nitrogens with two attached hydrogens (primary N) is 1. The second-order valence-corrected chi connectivity index (χ2v) is 4.82. The minimum atomic E-state index is 0.279. The lowest BCUT2D eigenvalue weighted by Gasteiger charge is -2.16. The largest absolute Gasteiger partial charge is 0.398 e. The highest BCUT2D eigenvalue weighted by Gasteiger charge is 2.10. The van der Waals surface area contributed by atoms with Gasteiger partial charge >= 0.3 is 0 Å². The molecule has 0 heterocycles. The second kappa shape index (κ2) is 6.81. The number of aliphatic hydroxyl groups excluding tert-OH is 1. The van der Waals surface area contributed by atoms with Crippen LogP contribution in [-0.2, 0) is 0 Å². The van der Waals surface area contributed by atoms with Crippen LogP contribution in [-0.4, -0.2) is 18.0 Å². The molecule has 1 atom stereocenters. The summed E-state index contributed by atoms with van der Waals surface area (Å²) >= 11 is 1.69. The maximum atomic E-state index is 8.88. The maximum Gasteiger partial charge on any atom is 0.0452 e. The topological polar surface area (TPSA) is 46.2 Å². The highest BCUT2D eigenvalue weighted by atomic mass is 32.2. The molecule has 0 aliphatic rings. The Kier molecular flexibility index (Phi) is 5.71. The molecule has 3 N–H and O–H groups in total. The minimum Gasteiger partial charge on any atom is -0.398 e. The summed E-state index contributed by atoms with van der Waals surface area (Å²) in [7, 11) is 0. The van der Waals surface area contributed by atoms with Crippen LogP contribution in [0.25, 0.3) is 0 Å². The first-order valence-corrected chi connectivity index (χ1v) is 6.99. The third-order valence-electron chi connectivity index (χ3n) is 2.93. The Morgan fingerprint density at radius 1 is 1.44 bits per heavy atom. The van der Waals surface area contributed by atoms with Crippen molar-refractivity contribution < 1.29 is 5.11 Å². The van der Waals surface area contributed by atoms with Crippen molar-refractivity contribution in [3.8, 4) is 0 Å². The summed E-state index contributed by atoms with van der Waals surface area (Å²) in [4.78, 5) is 1.15. The number of rotatable bonds is 6. The fraction of sp³-hybridized carbons (Fsp3) is 0.538. The molecule has 0 aromatic heterocycles. The number of aliphatic hydroxyl groups is 1. The number of hydrogen-bond donors (Lipinski definition) is 2. The van der Waals surface area contributed by atoms with E-state index in [0.29, 0.717) is 5.92 Å². The van der Waals surface area contributed by atoms with Gasteiger partial charge in [0.25, 0.3) is 0 Å². The first kappa shape index (κ1) is 13.4. The summed E-state index contributed by atoms with van der Waals surface area (Å²) in [5.41, 5.74) is 8.08. The molecule has 1 aromatic carbocycles. The van der Waals surface area contributed by atoms with Crippen molar-refractivity contribution in [2.24, 2.45) is 0 Å². The van der Waals surface area contributed by atoms with Crippen LogP contribution in [0.2, 0.25) is 0 Å². The zero-order chi connectivity index (χ0) is 12.0. The number of thioether (sulfide) groups is 1. The predicted octanol–water partition coefficient (Wildman–Crippen LogP) is 3.26. The van der Waals surface area contributed by atoms with Crippen LogP contribution in [0.15, 0.2) is 23.1 Å². The van der Waals surface area contributed by atoms with Gasteiger partial charge in [-0.1, -0.05) is 13.0 Å². The molecule has 0 bridgehead atoms. The molecule has 0 saturated carbocycles. The number of benzene rings is 1. The van der Waals surface area contributed by atoms with E-state index in [1.807, 2.05) is 12.3 Å².